The fraction of sp³-hybridized carbons (Fsp3) is 0.647. The van der Waals surface area contributed by atoms with Crippen molar-refractivity contribution in [1.82, 2.24) is 5.32 Å². The second-order valence-electron chi connectivity index (χ2n) is 6.16. The third-order valence-electron chi connectivity index (χ3n) is 4.28. The predicted octanol–water partition coefficient (Wildman–Crippen LogP) is 3.84. The van der Waals surface area contributed by atoms with Crippen LogP contribution in [0.4, 0.5) is 5.69 Å². The molecule has 0 amide bonds. The third kappa shape index (κ3) is 3.30. The van der Waals surface area contributed by atoms with Crippen LogP contribution in [0.1, 0.15) is 45.2 Å². The molecular weight excluding hydrogens is 232 g/mol. The molecule has 1 aromatic carbocycles. The zero-order valence-corrected chi connectivity index (χ0v) is 12.8. The smallest absolute Gasteiger partial charge is 0.0414 e. The van der Waals surface area contributed by atoms with E-state index in [1.54, 1.807) is 0 Å². The Bertz CT molecular complexity index is 388. The van der Waals surface area contributed by atoms with Gasteiger partial charge in [-0.2, -0.15) is 0 Å². The maximum atomic E-state index is 3.44. The van der Waals surface area contributed by atoms with Crippen molar-refractivity contribution < 1.29 is 0 Å². The summed E-state index contributed by atoms with van der Waals surface area (Å²) in [5.41, 5.74) is 2.89. The normalized spacial score (nSPS) is 25.4. The van der Waals surface area contributed by atoms with Gasteiger partial charge in [-0.25, -0.2) is 0 Å². The van der Waals surface area contributed by atoms with E-state index >= 15 is 0 Å². The quantitative estimate of drug-likeness (QED) is 0.885. The van der Waals surface area contributed by atoms with Gasteiger partial charge in [-0.15, -0.1) is 0 Å². The maximum Gasteiger partial charge on any atom is 0.0414 e. The number of benzene rings is 1. The van der Waals surface area contributed by atoms with E-state index in [2.05, 4.69) is 62.3 Å². The third-order valence-corrected chi connectivity index (χ3v) is 4.28. The summed E-state index contributed by atoms with van der Waals surface area (Å²) < 4.78 is 0. The van der Waals surface area contributed by atoms with Crippen molar-refractivity contribution in [2.45, 2.75) is 39.7 Å². The van der Waals surface area contributed by atoms with Crippen LogP contribution in [0.5, 0.6) is 0 Å². The van der Waals surface area contributed by atoms with E-state index in [4.69, 9.17) is 0 Å². The Morgan fingerprint density at radius 1 is 1.21 bits per heavy atom. The van der Waals surface area contributed by atoms with Crippen LogP contribution in [0.2, 0.25) is 0 Å². The summed E-state index contributed by atoms with van der Waals surface area (Å²) in [6, 6.07) is 9.37. The number of nitrogens with one attached hydrogen (secondary N) is 1. The molecule has 1 aliphatic heterocycles. The van der Waals surface area contributed by atoms with Gasteiger partial charge in [0.25, 0.3) is 0 Å². The van der Waals surface area contributed by atoms with Gasteiger partial charge in [0, 0.05) is 24.8 Å². The molecule has 2 nitrogen and oxygen atoms in total. The first-order valence-electron chi connectivity index (χ1n) is 7.66. The molecule has 106 valence electrons. The number of hydrogen-bond acceptors (Lipinski definition) is 2. The standard InChI is InChI=1S/C17H28N2/c1-5-16(18-4)15-8-6-7-9-17(15)19-11-13(2)10-14(3)12-19/h6-9,13-14,16,18H,5,10-12H2,1-4H3. The maximum absolute atomic E-state index is 3.44. The molecule has 3 unspecified atom stereocenters. The Kier molecular flexibility index (Phi) is 4.87. The minimum Gasteiger partial charge on any atom is -0.371 e. The first-order valence-corrected chi connectivity index (χ1v) is 7.66. The Labute approximate surface area is 118 Å². The lowest BCUT2D eigenvalue weighted by Gasteiger charge is -2.38. The number of piperidine rings is 1. The largest absolute Gasteiger partial charge is 0.371 e. The number of anilines is 1. The van der Waals surface area contributed by atoms with Gasteiger partial charge >= 0.3 is 0 Å². The average Bonchev–Trinajstić information content (AvgIpc) is 2.39. The minimum absolute atomic E-state index is 0.462. The summed E-state index contributed by atoms with van der Waals surface area (Å²) in [6.45, 7) is 9.39. The van der Waals surface area contributed by atoms with E-state index in [0.717, 1.165) is 18.3 Å². The number of nitrogens with zero attached hydrogens (tertiary/aromatic N) is 1. The molecule has 2 heteroatoms. The Hall–Kier alpha value is -1.02. The first kappa shape index (κ1) is 14.4. The van der Waals surface area contributed by atoms with E-state index in [9.17, 15) is 0 Å². The van der Waals surface area contributed by atoms with Crippen LogP contribution in [0.15, 0.2) is 24.3 Å². The van der Waals surface area contributed by atoms with Crippen molar-refractivity contribution in [2.75, 3.05) is 25.0 Å². The zero-order chi connectivity index (χ0) is 13.8. The van der Waals surface area contributed by atoms with Gasteiger partial charge in [0.05, 0.1) is 0 Å². The molecule has 1 N–H and O–H groups in total. The summed E-state index contributed by atoms with van der Waals surface area (Å²) in [7, 11) is 2.06. The van der Waals surface area contributed by atoms with E-state index < -0.39 is 0 Å². The number of para-hydroxylation sites is 1. The Morgan fingerprint density at radius 2 is 1.84 bits per heavy atom. The topological polar surface area (TPSA) is 15.3 Å². The molecule has 0 radical (unpaired) electrons. The number of hydrogen-bond donors (Lipinski definition) is 1. The minimum atomic E-state index is 0.462. The Morgan fingerprint density at radius 3 is 2.42 bits per heavy atom. The fourth-order valence-electron chi connectivity index (χ4n) is 3.51. The molecule has 1 aliphatic rings. The highest BCUT2D eigenvalue weighted by Crippen LogP contribution is 2.32. The molecule has 0 saturated carbocycles. The van der Waals surface area contributed by atoms with Gasteiger partial charge in [-0.3, -0.25) is 0 Å². The monoisotopic (exact) mass is 260 g/mol. The SMILES string of the molecule is CCC(NC)c1ccccc1N1CC(C)CC(C)C1. The van der Waals surface area contributed by atoms with E-state index in [0.29, 0.717) is 6.04 Å². The number of rotatable bonds is 4. The predicted molar refractivity (Wildman–Crippen MR) is 83.7 cm³/mol. The highest BCUT2D eigenvalue weighted by molar-refractivity contribution is 5.55. The first-order chi connectivity index (χ1) is 9.15. The van der Waals surface area contributed by atoms with Crippen LogP contribution < -0.4 is 10.2 Å². The Balaban J connectivity index is 2.28. The van der Waals surface area contributed by atoms with Gasteiger partial charge in [-0.05, 0) is 43.4 Å². The second-order valence-corrected chi connectivity index (χ2v) is 6.16. The molecule has 2 rings (SSSR count). The molecule has 19 heavy (non-hydrogen) atoms. The van der Waals surface area contributed by atoms with Crippen LogP contribution in [-0.4, -0.2) is 20.1 Å². The molecule has 3 atom stereocenters. The molecule has 0 spiro atoms. The van der Waals surface area contributed by atoms with Crippen molar-refractivity contribution in [1.29, 1.82) is 0 Å². The molecule has 0 aliphatic carbocycles. The van der Waals surface area contributed by atoms with Gasteiger partial charge in [-0.1, -0.05) is 39.0 Å². The fourth-order valence-corrected chi connectivity index (χ4v) is 3.51. The molecule has 1 heterocycles. The molecular formula is C17H28N2. The van der Waals surface area contributed by atoms with Crippen LogP contribution in [0.3, 0.4) is 0 Å². The van der Waals surface area contributed by atoms with Gasteiger partial charge in [0.1, 0.15) is 0 Å². The van der Waals surface area contributed by atoms with Crippen molar-refractivity contribution in [3.8, 4) is 0 Å². The van der Waals surface area contributed by atoms with Crippen LogP contribution in [-0.2, 0) is 0 Å². The van der Waals surface area contributed by atoms with Crippen LogP contribution in [0.25, 0.3) is 0 Å². The van der Waals surface area contributed by atoms with Crippen LogP contribution >= 0.6 is 0 Å². The summed E-state index contributed by atoms with van der Waals surface area (Å²) in [4.78, 5) is 2.59. The zero-order valence-electron chi connectivity index (χ0n) is 12.8. The van der Waals surface area contributed by atoms with E-state index in [1.807, 2.05) is 0 Å². The molecule has 0 aromatic heterocycles. The molecule has 0 bridgehead atoms. The highest BCUT2D eigenvalue weighted by Gasteiger charge is 2.24. The molecule has 1 aromatic rings. The van der Waals surface area contributed by atoms with Crippen molar-refractivity contribution in [2.24, 2.45) is 11.8 Å². The molecule has 1 saturated heterocycles. The summed E-state index contributed by atoms with van der Waals surface area (Å²) in [5, 5.41) is 3.44. The summed E-state index contributed by atoms with van der Waals surface area (Å²) in [6.07, 6.45) is 2.49. The van der Waals surface area contributed by atoms with Gasteiger partial charge in [0.2, 0.25) is 0 Å². The average molecular weight is 260 g/mol. The van der Waals surface area contributed by atoms with E-state index in [-0.39, 0.29) is 0 Å². The van der Waals surface area contributed by atoms with Crippen LogP contribution in [0, 0.1) is 11.8 Å². The highest BCUT2D eigenvalue weighted by atomic mass is 15.1. The van der Waals surface area contributed by atoms with Gasteiger partial charge < -0.3 is 10.2 Å². The summed E-state index contributed by atoms with van der Waals surface area (Å²) >= 11 is 0. The lowest BCUT2D eigenvalue weighted by Crippen LogP contribution is -2.39. The van der Waals surface area contributed by atoms with Gasteiger partial charge in [0.15, 0.2) is 0 Å². The lowest BCUT2D eigenvalue weighted by atomic mass is 9.90. The van der Waals surface area contributed by atoms with Crippen molar-refractivity contribution in [3.63, 3.8) is 0 Å². The molecule has 1 fully saturated rings. The lowest BCUT2D eigenvalue weighted by molar-refractivity contribution is 0.356. The van der Waals surface area contributed by atoms with E-state index in [1.165, 1.54) is 30.8 Å². The van der Waals surface area contributed by atoms with Crippen molar-refractivity contribution in [3.05, 3.63) is 29.8 Å². The summed E-state index contributed by atoms with van der Waals surface area (Å²) in [5.74, 6) is 1.60. The second kappa shape index (κ2) is 6.42. The van der Waals surface area contributed by atoms with Crippen molar-refractivity contribution >= 4 is 5.69 Å².